The van der Waals surface area contributed by atoms with Crippen LogP contribution < -0.4 is 10.1 Å². The summed E-state index contributed by atoms with van der Waals surface area (Å²) in [7, 11) is 0. The number of hydrogen-bond acceptors (Lipinski definition) is 3. The molecule has 1 fully saturated rings. The fourth-order valence-electron chi connectivity index (χ4n) is 3.11. The molecule has 1 saturated heterocycles. The van der Waals surface area contributed by atoms with Crippen molar-refractivity contribution < 1.29 is 9.53 Å². The Hall–Kier alpha value is -1.55. The number of rotatable bonds is 7. The lowest BCUT2D eigenvalue weighted by atomic mass is 10.1. The van der Waals surface area contributed by atoms with Crippen molar-refractivity contribution in [2.24, 2.45) is 0 Å². The van der Waals surface area contributed by atoms with Crippen molar-refractivity contribution in [3.63, 3.8) is 0 Å². The quantitative estimate of drug-likeness (QED) is 0.778. The van der Waals surface area contributed by atoms with Crippen molar-refractivity contribution in [2.45, 2.75) is 59.0 Å². The minimum Gasteiger partial charge on any atom is -0.481 e. The summed E-state index contributed by atoms with van der Waals surface area (Å²) in [5.41, 5.74) is 2.27. The highest BCUT2D eigenvalue weighted by Crippen LogP contribution is 2.21. The van der Waals surface area contributed by atoms with Gasteiger partial charge in [-0.1, -0.05) is 25.0 Å². The number of benzene rings is 1. The topological polar surface area (TPSA) is 41.6 Å². The van der Waals surface area contributed by atoms with Crippen molar-refractivity contribution >= 4 is 5.91 Å². The average molecular weight is 332 g/mol. The molecule has 4 nitrogen and oxygen atoms in total. The van der Waals surface area contributed by atoms with Crippen LogP contribution in [-0.4, -0.2) is 43.1 Å². The number of carbonyl (C=O) groups excluding carboxylic acids is 1. The molecule has 134 valence electrons. The molecular formula is C20H32N2O2. The van der Waals surface area contributed by atoms with Crippen LogP contribution in [0.2, 0.25) is 0 Å². The van der Waals surface area contributed by atoms with Crippen LogP contribution in [0.3, 0.4) is 0 Å². The smallest absolute Gasteiger partial charge is 0.260 e. The van der Waals surface area contributed by atoms with E-state index in [4.69, 9.17) is 4.74 Å². The molecule has 1 amide bonds. The molecule has 0 spiro atoms. The second-order valence-electron chi connectivity index (χ2n) is 6.86. The number of nitrogens with zero attached hydrogens (tertiary/aromatic N) is 1. The standard InChI is InChI=1S/C20H32N2O2/c1-16-10-8-11-19(17(16)2)24-18(3)20(23)21-12-9-15-22-13-6-4-5-7-14-22/h8,10-11,18H,4-7,9,12-15H2,1-3H3,(H,21,23)/t18-/m1/s1. The van der Waals surface area contributed by atoms with Gasteiger partial charge in [0.1, 0.15) is 5.75 Å². The Morgan fingerprint density at radius 1 is 1.21 bits per heavy atom. The zero-order chi connectivity index (χ0) is 17.4. The molecule has 2 rings (SSSR count). The molecule has 0 saturated carbocycles. The van der Waals surface area contributed by atoms with Gasteiger partial charge in [-0.15, -0.1) is 0 Å². The van der Waals surface area contributed by atoms with Crippen molar-refractivity contribution in [3.8, 4) is 5.75 Å². The number of aryl methyl sites for hydroxylation is 1. The summed E-state index contributed by atoms with van der Waals surface area (Å²) in [5, 5.41) is 3.00. The van der Waals surface area contributed by atoms with Gasteiger partial charge in [0.2, 0.25) is 0 Å². The maximum atomic E-state index is 12.2. The largest absolute Gasteiger partial charge is 0.481 e. The van der Waals surface area contributed by atoms with E-state index < -0.39 is 6.10 Å². The third-order valence-corrected chi connectivity index (χ3v) is 4.88. The molecule has 4 heteroatoms. The van der Waals surface area contributed by atoms with Crippen LogP contribution in [0.5, 0.6) is 5.75 Å². The number of carbonyl (C=O) groups is 1. The van der Waals surface area contributed by atoms with Gasteiger partial charge in [-0.05, 0) is 76.9 Å². The van der Waals surface area contributed by atoms with Crippen molar-refractivity contribution in [1.29, 1.82) is 0 Å². The van der Waals surface area contributed by atoms with E-state index >= 15 is 0 Å². The minimum atomic E-state index is -0.469. The monoisotopic (exact) mass is 332 g/mol. The Morgan fingerprint density at radius 2 is 1.92 bits per heavy atom. The number of nitrogens with one attached hydrogen (secondary N) is 1. The van der Waals surface area contributed by atoms with Gasteiger partial charge >= 0.3 is 0 Å². The van der Waals surface area contributed by atoms with Crippen LogP contribution in [0.25, 0.3) is 0 Å². The molecule has 0 aliphatic carbocycles. The van der Waals surface area contributed by atoms with Crippen LogP contribution in [0.1, 0.15) is 50.2 Å². The van der Waals surface area contributed by atoms with Crippen molar-refractivity contribution in [2.75, 3.05) is 26.2 Å². The highest BCUT2D eigenvalue weighted by atomic mass is 16.5. The highest BCUT2D eigenvalue weighted by Gasteiger charge is 2.16. The van der Waals surface area contributed by atoms with Gasteiger partial charge in [0.05, 0.1) is 0 Å². The summed E-state index contributed by atoms with van der Waals surface area (Å²) in [6, 6.07) is 5.94. The first kappa shape index (κ1) is 18.8. The van der Waals surface area contributed by atoms with E-state index in [0.29, 0.717) is 0 Å². The van der Waals surface area contributed by atoms with E-state index in [1.54, 1.807) is 0 Å². The van der Waals surface area contributed by atoms with Crippen LogP contribution >= 0.6 is 0 Å². The molecule has 1 N–H and O–H groups in total. The minimum absolute atomic E-state index is 0.0354. The summed E-state index contributed by atoms with van der Waals surface area (Å²) in [4.78, 5) is 14.7. The predicted octanol–water partition coefficient (Wildman–Crippen LogP) is 3.45. The van der Waals surface area contributed by atoms with E-state index in [1.165, 1.54) is 44.3 Å². The van der Waals surface area contributed by atoms with Gasteiger partial charge in [-0.2, -0.15) is 0 Å². The summed E-state index contributed by atoms with van der Waals surface area (Å²) >= 11 is 0. The van der Waals surface area contributed by atoms with Crippen LogP contribution in [0.4, 0.5) is 0 Å². The van der Waals surface area contributed by atoms with Crippen molar-refractivity contribution in [3.05, 3.63) is 29.3 Å². The normalized spacial score (nSPS) is 17.1. The highest BCUT2D eigenvalue weighted by molar-refractivity contribution is 5.80. The van der Waals surface area contributed by atoms with Gasteiger partial charge in [0.15, 0.2) is 6.10 Å². The Bertz CT molecular complexity index is 522. The zero-order valence-electron chi connectivity index (χ0n) is 15.4. The number of ether oxygens (including phenoxy) is 1. The molecule has 24 heavy (non-hydrogen) atoms. The molecule has 1 atom stereocenters. The summed E-state index contributed by atoms with van der Waals surface area (Å²) in [6.45, 7) is 10.1. The van der Waals surface area contributed by atoms with E-state index in [2.05, 4.69) is 23.2 Å². The molecule has 0 unspecified atom stereocenters. The lowest BCUT2D eigenvalue weighted by Crippen LogP contribution is -2.38. The first-order valence-corrected chi connectivity index (χ1v) is 9.31. The van der Waals surface area contributed by atoms with Crippen LogP contribution in [-0.2, 0) is 4.79 Å². The van der Waals surface area contributed by atoms with Crippen molar-refractivity contribution in [1.82, 2.24) is 10.2 Å². The Morgan fingerprint density at radius 3 is 2.62 bits per heavy atom. The number of amides is 1. The molecule has 1 aliphatic heterocycles. The average Bonchev–Trinajstić information content (AvgIpc) is 2.84. The van der Waals surface area contributed by atoms with E-state index in [0.717, 1.165) is 30.8 Å². The molecule has 1 aromatic carbocycles. The molecule has 0 aromatic heterocycles. The molecular weight excluding hydrogens is 300 g/mol. The third kappa shape index (κ3) is 5.82. The second kappa shape index (κ2) is 9.67. The molecule has 0 radical (unpaired) electrons. The Kier molecular flexibility index (Phi) is 7.57. The maximum Gasteiger partial charge on any atom is 0.260 e. The lowest BCUT2D eigenvalue weighted by Gasteiger charge is -2.20. The SMILES string of the molecule is Cc1cccc(O[C@H](C)C(=O)NCCCN2CCCCCC2)c1C. The molecule has 1 aliphatic rings. The fraction of sp³-hybridized carbons (Fsp3) is 0.650. The molecule has 0 bridgehead atoms. The predicted molar refractivity (Wildman–Crippen MR) is 98.5 cm³/mol. The van der Waals surface area contributed by atoms with Crippen LogP contribution in [0.15, 0.2) is 18.2 Å². The number of likely N-dealkylation sites (tertiary alicyclic amines) is 1. The van der Waals surface area contributed by atoms with E-state index in [1.807, 2.05) is 26.0 Å². The summed E-state index contributed by atoms with van der Waals surface area (Å²) in [6.07, 6.45) is 5.88. The Labute approximate surface area is 146 Å². The van der Waals surface area contributed by atoms with Gasteiger partial charge in [0.25, 0.3) is 5.91 Å². The summed E-state index contributed by atoms with van der Waals surface area (Å²) < 4.78 is 5.83. The van der Waals surface area contributed by atoms with Crippen LogP contribution in [0, 0.1) is 13.8 Å². The number of hydrogen-bond donors (Lipinski definition) is 1. The second-order valence-corrected chi connectivity index (χ2v) is 6.86. The summed E-state index contributed by atoms with van der Waals surface area (Å²) in [5.74, 6) is 0.758. The maximum absolute atomic E-state index is 12.2. The lowest BCUT2D eigenvalue weighted by molar-refractivity contribution is -0.127. The third-order valence-electron chi connectivity index (χ3n) is 4.88. The van der Waals surface area contributed by atoms with E-state index in [9.17, 15) is 4.79 Å². The van der Waals surface area contributed by atoms with E-state index in [-0.39, 0.29) is 5.91 Å². The zero-order valence-corrected chi connectivity index (χ0v) is 15.4. The van der Waals surface area contributed by atoms with Gasteiger partial charge < -0.3 is 15.0 Å². The molecule has 1 heterocycles. The first-order chi connectivity index (χ1) is 11.6. The van der Waals surface area contributed by atoms with Gasteiger partial charge in [0, 0.05) is 6.54 Å². The fourth-order valence-corrected chi connectivity index (χ4v) is 3.11. The molecule has 1 aromatic rings. The van der Waals surface area contributed by atoms with Gasteiger partial charge in [-0.25, -0.2) is 0 Å². The Balaban J connectivity index is 1.68. The van der Waals surface area contributed by atoms with Gasteiger partial charge in [-0.3, -0.25) is 4.79 Å². The first-order valence-electron chi connectivity index (χ1n) is 9.31.